The van der Waals surface area contributed by atoms with E-state index < -0.39 is 0 Å². The number of nitrogen functional groups attached to an aromatic ring is 1. The Kier molecular flexibility index (Phi) is 3.22. The normalized spacial score (nSPS) is 10.5. The molecule has 0 aliphatic carbocycles. The van der Waals surface area contributed by atoms with E-state index in [1.54, 1.807) is 7.05 Å². The Balaban J connectivity index is 2.20. The van der Waals surface area contributed by atoms with Gasteiger partial charge >= 0.3 is 0 Å². The highest BCUT2D eigenvalue weighted by atomic mass is 15.6. The lowest BCUT2D eigenvalue weighted by Gasteiger charge is -2.22. The highest BCUT2D eigenvalue weighted by molar-refractivity contribution is 5.67. The minimum Gasteiger partial charge on any atom is -0.397 e. The van der Waals surface area contributed by atoms with Crippen molar-refractivity contribution in [2.75, 3.05) is 17.2 Å². The number of para-hydroxylation sites is 2. The van der Waals surface area contributed by atoms with E-state index in [9.17, 15) is 0 Å². The van der Waals surface area contributed by atoms with Crippen LogP contribution >= 0.6 is 0 Å². The molecule has 0 spiro atoms. The summed E-state index contributed by atoms with van der Waals surface area (Å²) in [7, 11) is 1.75. The Bertz CT molecular complexity index is 492. The second kappa shape index (κ2) is 4.82. The van der Waals surface area contributed by atoms with Crippen LogP contribution in [-0.2, 0) is 13.6 Å². The van der Waals surface area contributed by atoms with Gasteiger partial charge in [0.1, 0.15) is 0 Å². The lowest BCUT2D eigenvalue weighted by atomic mass is 10.2. The smallest absolute Gasteiger partial charge is 0.193 e. The first-order valence-electron chi connectivity index (χ1n) is 5.53. The van der Waals surface area contributed by atoms with Crippen LogP contribution in [0.2, 0.25) is 0 Å². The lowest BCUT2D eigenvalue weighted by Crippen LogP contribution is -2.23. The van der Waals surface area contributed by atoms with Gasteiger partial charge in [-0.25, -0.2) is 0 Å². The van der Waals surface area contributed by atoms with E-state index in [1.807, 2.05) is 24.3 Å². The maximum Gasteiger partial charge on any atom is 0.193 e. The molecule has 6 nitrogen and oxygen atoms in total. The van der Waals surface area contributed by atoms with Crippen LogP contribution in [0.5, 0.6) is 0 Å². The first-order valence-corrected chi connectivity index (χ1v) is 5.53. The van der Waals surface area contributed by atoms with Gasteiger partial charge in [0, 0.05) is 6.54 Å². The molecule has 0 fully saturated rings. The van der Waals surface area contributed by atoms with Crippen LogP contribution in [0.4, 0.5) is 11.4 Å². The molecule has 0 amide bonds. The first-order chi connectivity index (χ1) is 8.20. The number of nitrogens with two attached hydrogens (primary N) is 1. The standard InChI is InChI=1S/C11H16N6/c1-3-17(8-11-13-15-16(2)14-11)10-7-5-4-6-9(10)12/h4-7H,3,8,12H2,1-2H3. The highest BCUT2D eigenvalue weighted by Gasteiger charge is 2.10. The van der Waals surface area contributed by atoms with Crippen molar-refractivity contribution in [1.29, 1.82) is 0 Å². The van der Waals surface area contributed by atoms with Gasteiger partial charge < -0.3 is 10.6 Å². The molecule has 0 atom stereocenters. The average Bonchev–Trinajstić information content (AvgIpc) is 2.73. The molecule has 0 radical (unpaired) electrons. The fourth-order valence-corrected chi connectivity index (χ4v) is 1.70. The lowest BCUT2D eigenvalue weighted by molar-refractivity contribution is 0.626. The van der Waals surface area contributed by atoms with E-state index in [2.05, 4.69) is 27.2 Å². The molecule has 2 rings (SSSR count). The Labute approximate surface area is 100 Å². The predicted molar refractivity (Wildman–Crippen MR) is 66.4 cm³/mol. The van der Waals surface area contributed by atoms with E-state index in [0.29, 0.717) is 12.4 Å². The minimum absolute atomic E-state index is 0.610. The Morgan fingerprint density at radius 3 is 2.71 bits per heavy atom. The molecule has 1 aromatic heterocycles. The van der Waals surface area contributed by atoms with E-state index >= 15 is 0 Å². The predicted octanol–water partition coefficient (Wildman–Crippen LogP) is 0.819. The van der Waals surface area contributed by atoms with E-state index in [0.717, 1.165) is 17.9 Å². The summed E-state index contributed by atoms with van der Waals surface area (Å²) < 4.78 is 0. The van der Waals surface area contributed by atoms with Crippen LogP contribution in [-0.4, -0.2) is 26.8 Å². The highest BCUT2D eigenvalue weighted by Crippen LogP contribution is 2.23. The molecule has 0 saturated carbocycles. The molecule has 17 heavy (non-hydrogen) atoms. The molecule has 90 valence electrons. The van der Waals surface area contributed by atoms with Crippen LogP contribution in [0.25, 0.3) is 0 Å². The zero-order valence-electron chi connectivity index (χ0n) is 10.0. The van der Waals surface area contributed by atoms with Crippen LogP contribution in [0.1, 0.15) is 12.7 Å². The third kappa shape index (κ3) is 2.52. The number of benzene rings is 1. The van der Waals surface area contributed by atoms with Crippen LogP contribution in [0.15, 0.2) is 24.3 Å². The average molecular weight is 232 g/mol. The molecule has 2 aromatic rings. The van der Waals surface area contributed by atoms with Crippen LogP contribution in [0, 0.1) is 0 Å². The van der Waals surface area contributed by atoms with Gasteiger partial charge in [0.25, 0.3) is 0 Å². The monoisotopic (exact) mass is 232 g/mol. The van der Waals surface area contributed by atoms with Crippen molar-refractivity contribution in [2.45, 2.75) is 13.5 Å². The zero-order chi connectivity index (χ0) is 12.3. The second-order valence-electron chi connectivity index (χ2n) is 3.77. The Hall–Kier alpha value is -2.11. The Morgan fingerprint density at radius 1 is 1.35 bits per heavy atom. The number of anilines is 2. The third-order valence-corrected chi connectivity index (χ3v) is 2.54. The van der Waals surface area contributed by atoms with Gasteiger partial charge in [-0.15, -0.1) is 10.2 Å². The van der Waals surface area contributed by atoms with Crippen molar-refractivity contribution in [1.82, 2.24) is 20.2 Å². The largest absolute Gasteiger partial charge is 0.397 e. The first kappa shape index (κ1) is 11.4. The zero-order valence-corrected chi connectivity index (χ0v) is 10.0. The fourth-order valence-electron chi connectivity index (χ4n) is 1.70. The molecule has 6 heteroatoms. The number of hydrogen-bond donors (Lipinski definition) is 1. The third-order valence-electron chi connectivity index (χ3n) is 2.54. The molecule has 1 aromatic carbocycles. The molecule has 0 saturated heterocycles. The van der Waals surface area contributed by atoms with Crippen molar-refractivity contribution in [2.24, 2.45) is 7.05 Å². The second-order valence-corrected chi connectivity index (χ2v) is 3.77. The van der Waals surface area contributed by atoms with Gasteiger partial charge in [0.2, 0.25) is 0 Å². The molecule has 0 unspecified atom stereocenters. The molecule has 0 aliphatic rings. The summed E-state index contributed by atoms with van der Waals surface area (Å²) in [5.74, 6) is 0.692. The van der Waals surface area contributed by atoms with Gasteiger partial charge in [0.15, 0.2) is 5.82 Å². The minimum atomic E-state index is 0.610. The van der Waals surface area contributed by atoms with E-state index in [4.69, 9.17) is 5.73 Å². The molecular formula is C11H16N6. The number of rotatable bonds is 4. The summed E-state index contributed by atoms with van der Waals surface area (Å²) in [5, 5.41) is 12.0. The van der Waals surface area contributed by atoms with Gasteiger partial charge in [-0.1, -0.05) is 12.1 Å². The summed E-state index contributed by atoms with van der Waals surface area (Å²) in [5.41, 5.74) is 7.72. The van der Waals surface area contributed by atoms with Crippen LogP contribution < -0.4 is 10.6 Å². The number of hydrogen-bond acceptors (Lipinski definition) is 5. The summed E-state index contributed by atoms with van der Waals surface area (Å²) in [6.45, 7) is 3.52. The molecular weight excluding hydrogens is 216 g/mol. The maximum atomic E-state index is 5.95. The van der Waals surface area contributed by atoms with Crippen LogP contribution in [0.3, 0.4) is 0 Å². The van der Waals surface area contributed by atoms with Crippen molar-refractivity contribution in [3.63, 3.8) is 0 Å². The van der Waals surface area contributed by atoms with Gasteiger partial charge in [-0.05, 0) is 24.3 Å². The molecule has 2 N–H and O–H groups in total. The quantitative estimate of drug-likeness (QED) is 0.790. The van der Waals surface area contributed by atoms with Gasteiger partial charge in [-0.2, -0.15) is 4.80 Å². The molecule has 0 aliphatic heterocycles. The summed E-state index contributed by atoms with van der Waals surface area (Å²) >= 11 is 0. The molecule has 0 bridgehead atoms. The van der Waals surface area contributed by atoms with E-state index in [-0.39, 0.29) is 0 Å². The van der Waals surface area contributed by atoms with Gasteiger partial charge in [-0.3, -0.25) is 0 Å². The maximum absolute atomic E-state index is 5.95. The molecule has 1 heterocycles. The number of aromatic nitrogens is 4. The summed E-state index contributed by atoms with van der Waals surface area (Å²) in [6.07, 6.45) is 0. The topological polar surface area (TPSA) is 72.9 Å². The SMILES string of the molecule is CCN(Cc1nnn(C)n1)c1ccccc1N. The van der Waals surface area contributed by atoms with Crippen molar-refractivity contribution in [3.05, 3.63) is 30.1 Å². The van der Waals surface area contributed by atoms with Crippen molar-refractivity contribution in [3.8, 4) is 0 Å². The van der Waals surface area contributed by atoms with Crippen molar-refractivity contribution < 1.29 is 0 Å². The van der Waals surface area contributed by atoms with E-state index in [1.165, 1.54) is 4.80 Å². The summed E-state index contributed by atoms with van der Waals surface area (Å²) in [6, 6.07) is 7.78. The number of aryl methyl sites for hydroxylation is 1. The fraction of sp³-hybridized carbons (Fsp3) is 0.364. The van der Waals surface area contributed by atoms with Gasteiger partial charge in [0.05, 0.1) is 25.0 Å². The van der Waals surface area contributed by atoms with Crippen molar-refractivity contribution >= 4 is 11.4 Å². The Morgan fingerprint density at radius 2 is 2.12 bits per heavy atom. The number of tetrazole rings is 1. The number of nitrogens with zero attached hydrogens (tertiary/aromatic N) is 5. The summed E-state index contributed by atoms with van der Waals surface area (Å²) in [4.78, 5) is 3.57.